The van der Waals surface area contributed by atoms with Crippen LogP contribution in [-0.2, 0) is 18.6 Å². The van der Waals surface area contributed by atoms with Crippen molar-refractivity contribution in [3.05, 3.63) is 33.4 Å². The van der Waals surface area contributed by atoms with Crippen LogP contribution in [0.2, 0.25) is 0 Å². The average Bonchev–Trinajstić information content (AvgIpc) is 2.81. The van der Waals surface area contributed by atoms with E-state index in [0.29, 0.717) is 0 Å². The van der Waals surface area contributed by atoms with Crippen molar-refractivity contribution in [1.82, 2.24) is 0 Å². The van der Waals surface area contributed by atoms with E-state index < -0.39 is 0 Å². The van der Waals surface area contributed by atoms with Crippen LogP contribution in [0.4, 0.5) is 0 Å². The molecule has 0 fully saturated rings. The Morgan fingerprint density at radius 1 is 0.600 bits per heavy atom. The van der Waals surface area contributed by atoms with E-state index in [9.17, 15) is 0 Å². The Morgan fingerprint density at radius 2 is 1.11 bits per heavy atom. The highest BCUT2D eigenvalue weighted by Gasteiger charge is 2.15. The molecule has 2 heteroatoms. The lowest BCUT2D eigenvalue weighted by atomic mass is 9.86. The standard InChI is InChI=1S/C18H38.C15H24S2/c1-6-7-8-12-17(4)14-10-15-18(5)13-9-11-16(2)3;1-6-8-14-10(3)11(4)15(9-17-16)13(7-2)12(14)5/h16-18H,6-15H2,1-5H3;16H,6-9H2,1-5H3/t17-,18+;/m0./s1. The Labute approximate surface area is 231 Å². The van der Waals surface area contributed by atoms with Gasteiger partial charge in [-0.15, -0.1) is 11.7 Å². The Bertz CT molecular complexity index is 662. The zero-order chi connectivity index (χ0) is 26.8. The molecule has 0 heterocycles. The molecule has 0 spiro atoms. The molecule has 0 nitrogen and oxygen atoms in total. The normalized spacial score (nSPS) is 13.0. The van der Waals surface area contributed by atoms with E-state index in [1.54, 1.807) is 21.9 Å². The van der Waals surface area contributed by atoms with Gasteiger partial charge >= 0.3 is 0 Å². The molecule has 2 atom stereocenters. The summed E-state index contributed by atoms with van der Waals surface area (Å²) in [6, 6.07) is 0. The molecular weight excluding hydrogens is 460 g/mol. The van der Waals surface area contributed by atoms with Crippen molar-refractivity contribution in [1.29, 1.82) is 0 Å². The Morgan fingerprint density at radius 3 is 1.57 bits per heavy atom. The maximum absolute atomic E-state index is 4.32. The van der Waals surface area contributed by atoms with Crippen molar-refractivity contribution >= 4 is 22.5 Å². The molecule has 0 saturated carbocycles. The average molecular weight is 523 g/mol. The lowest BCUT2D eigenvalue weighted by Crippen LogP contribution is -2.06. The van der Waals surface area contributed by atoms with Gasteiger partial charge in [0.25, 0.3) is 0 Å². The minimum atomic E-state index is 0.885. The van der Waals surface area contributed by atoms with Crippen molar-refractivity contribution in [2.45, 2.75) is 158 Å². The highest BCUT2D eigenvalue weighted by Crippen LogP contribution is 2.31. The van der Waals surface area contributed by atoms with Crippen molar-refractivity contribution in [2.24, 2.45) is 17.8 Å². The number of thiol groups is 1. The SMILES string of the molecule is CCCCC[C@H](C)CCC[C@H](C)CCCC(C)C.CCCc1c(C)c(C)c(CSS)c(CC)c1C. The maximum atomic E-state index is 4.32. The first kappa shape index (κ1) is 34.9. The molecule has 0 aliphatic heterocycles. The molecule has 1 aromatic rings. The van der Waals surface area contributed by atoms with Gasteiger partial charge in [-0.25, -0.2) is 0 Å². The lowest BCUT2D eigenvalue weighted by Gasteiger charge is -2.21. The van der Waals surface area contributed by atoms with E-state index >= 15 is 0 Å². The number of benzene rings is 1. The van der Waals surface area contributed by atoms with Crippen LogP contribution >= 0.6 is 22.5 Å². The smallest absolute Gasteiger partial charge is 0.0291 e. The summed E-state index contributed by atoms with van der Waals surface area (Å²) < 4.78 is 0. The first-order valence-corrected chi connectivity index (χ1v) is 17.0. The van der Waals surface area contributed by atoms with E-state index in [1.807, 2.05) is 0 Å². The quantitative estimate of drug-likeness (QED) is 0.120. The molecule has 206 valence electrons. The first-order chi connectivity index (χ1) is 16.6. The summed E-state index contributed by atoms with van der Waals surface area (Å²) in [6.07, 6.45) is 17.9. The summed E-state index contributed by atoms with van der Waals surface area (Å²) in [5.41, 5.74) is 9.15. The van der Waals surface area contributed by atoms with Gasteiger partial charge in [0, 0.05) is 5.75 Å². The van der Waals surface area contributed by atoms with Crippen LogP contribution in [0.25, 0.3) is 0 Å². The topological polar surface area (TPSA) is 0 Å². The van der Waals surface area contributed by atoms with Crippen molar-refractivity contribution in [3.8, 4) is 0 Å². The van der Waals surface area contributed by atoms with E-state index in [0.717, 1.165) is 29.9 Å². The predicted octanol–water partition coefficient (Wildman–Crippen LogP) is 12.0. The van der Waals surface area contributed by atoms with Crippen LogP contribution in [0, 0.1) is 38.5 Å². The summed E-state index contributed by atoms with van der Waals surface area (Å²) in [5.74, 6) is 3.81. The molecule has 0 radical (unpaired) electrons. The van der Waals surface area contributed by atoms with Crippen LogP contribution in [0.1, 0.15) is 152 Å². The molecule has 1 rings (SSSR count). The monoisotopic (exact) mass is 522 g/mol. The van der Waals surface area contributed by atoms with Gasteiger partial charge in [0.05, 0.1) is 0 Å². The van der Waals surface area contributed by atoms with Crippen LogP contribution in [0.3, 0.4) is 0 Å². The third-order valence-corrected chi connectivity index (χ3v) is 8.78. The minimum absolute atomic E-state index is 0.885. The fraction of sp³-hybridized carbons (Fsp3) is 0.818. The van der Waals surface area contributed by atoms with Gasteiger partial charge in [-0.05, 0) is 84.7 Å². The molecule has 35 heavy (non-hydrogen) atoms. The third-order valence-electron chi connectivity index (χ3n) is 7.97. The molecule has 0 amide bonds. The van der Waals surface area contributed by atoms with Gasteiger partial charge in [-0.2, -0.15) is 0 Å². The van der Waals surface area contributed by atoms with Crippen molar-refractivity contribution in [2.75, 3.05) is 0 Å². The second-order valence-electron chi connectivity index (χ2n) is 11.6. The number of unbranched alkanes of at least 4 members (excludes halogenated alkanes) is 2. The zero-order valence-corrected chi connectivity index (χ0v) is 27.2. The molecule has 0 saturated heterocycles. The zero-order valence-electron chi connectivity index (χ0n) is 25.5. The van der Waals surface area contributed by atoms with E-state index in [2.05, 4.69) is 80.9 Å². The second kappa shape index (κ2) is 20.9. The fourth-order valence-electron chi connectivity index (χ4n) is 5.45. The largest absolute Gasteiger partial charge is 0.111 e. The van der Waals surface area contributed by atoms with Crippen LogP contribution in [0.5, 0.6) is 0 Å². The molecule has 0 bridgehead atoms. The summed E-state index contributed by atoms with van der Waals surface area (Å²) in [4.78, 5) is 0. The van der Waals surface area contributed by atoms with Gasteiger partial charge in [-0.1, -0.05) is 130 Å². The number of hydrogen-bond acceptors (Lipinski definition) is 2. The molecular formula is C33H62S2. The van der Waals surface area contributed by atoms with E-state index in [-0.39, 0.29) is 0 Å². The first-order valence-electron chi connectivity index (χ1n) is 15.0. The molecule has 0 aromatic heterocycles. The molecule has 0 N–H and O–H groups in total. The Hall–Kier alpha value is -0.0800. The second-order valence-corrected chi connectivity index (χ2v) is 13.0. The van der Waals surface area contributed by atoms with Gasteiger partial charge in [-0.3, -0.25) is 0 Å². The summed E-state index contributed by atoms with van der Waals surface area (Å²) in [5, 5.41) is 0. The highest BCUT2D eigenvalue weighted by molar-refractivity contribution is 8.68. The molecule has 0 aliphatic carbocycles. The van der Waals surface area contributed by atoms with Gasteiger partial charge in [0.2, 0.25) is 0 Å². The van der Waals surface area contributed by atoms with Crippen LogP contribution < -0.4 is 0 Å². The summed E-state index contributed by atoms with van der Waals surface area (Å²) in [7, 11) is 1.63. The Kier molecular flexibility index (Phi) is 20.9. The Balaban J connectivity index is 0.000000661. The summed E-state index contributed by atoms with van der Waals surface area (Å²) in [6.45, 7) is 23.2. The number of hydrogen-bond donors (Lipinski definition) is 1. The molecule has 0 unspecified atom stereocenters. The van der Waals surface area contributed by atoms with E-state index in [1.165, 1.54) is 99.3 Å². The third kappa shape index (κ3) is 14.4. The highest BCUT2D eigenvalue weighted by atomic mass is 33.1. The van der Waals surface area contributed by atoms with Crippen molar-refractivity contribution < 1.29 is 0 Å². The lowest BCUT2D eigenvalue weighted by molar-refractivity contribution is 0.387. The summed E-state index contributed by atoms with van der Waals surface area (Å²) >= 11 is 4.32. The van der Waals surface area contributed by atoms with Gasteiger partial charge in [0.15, 0.2) is 0 Å². The number of rotatable bonds is 17. The van der Waals surface area contributed by atoms with Gasteiger partial charge < -0.3 is 0 Å². The molecule has 0 aliphatic rings. The van der Waals surface area contributed by atoms with Crippen LogP contribution in [0.15, 0.2) is 0 Å². The van der Waals surface area contributed by atoms with Crippen molar-refractivity contribution in [3.63, 3.8) is 0 Å². The minimum Gasteiger partial charge on any atom is -0.111 e. The maximum Gasteiger partial charge on any atom is 0.0291 e. The van der Waals surface area contributed by atoms with Crippen LogP contribution in [-0.4, -0.2) is 0 Å². The van der Waals surface area contributed by atoms with E-state index in [4.69, 9.17) is 0 Å². The predicted molar refractivity (Wildman–Crippen MR) is 169 cm³/mol. The molecule has 1 aromatic carbocycles. The van der Waals surface area contributed by atoms with Gasteiger partial charge in [0.1, 0.15) is 0 Å². The fourth-order valence-corrected chi connectivity index (χ4v) is 6.36.